The fraction of sp³-hybridized carbons (Fsp3) is 0.538. The molecule has 1 aromatic heterocycles. The van der Waals surface area contributed by atoms with Crippen molar-refractivity contribution >= 4 is 23.5 Å². The first-order chi connectivity index (χ1) is 17.2. The number of nitrogens with one attached hydrogen (secondary N) is 1. The Morgan fingerprint density at radius 3 is 2.31 bits per heavy atom. The van der Waals surface area contributed by atoms with Crippen LogP contribution in [0.15, 0.2) is 24.3 Å². The van der Waals surface area contributed by atoms with Gasteiger partial charge in [-0.15, -0.1) is 0 Å². The molecule has 1 unspecified atom stereocenters. The van der Waals surface area contributed by atoms with Gasteiger partial charge in [-0.05, 0) is 45.4 Å². The van der Waals surface area contributed by atoms with Crippen LogP contribution in [-0.4, -0.2) is 60.0 Å². The lowest BCUT2D eigenvalue weighted by Crippen LogP contribution is -2.65. The maximum Gasteiger partial charge on any atom is 0.358 e. The molecule has 1 aliphatic carbocycles. The van der Waals surface area contributed by atoms with Crippen LogP contribution in [0.1, 0.15) is 67.4 Å². The van der Waals surface area contributed by atoms with Gasteiger partial charge in [0.05, 0.1) is 33.1 Å². The van der Waals surface area contributed by atoms with Gasteiger partial charge in [0.15, 0.2) is 5.69 Å². The van der Waals surface area contributed by atoms with Crippen molar-refractivity contribution in [3.05, 3.63) is 35.7 Å². The molecule has 1 aromatic carbocycles. The molecule has 1 fully saturated rings. The van der Waals surface area contributed by atoms with Gasteiger partial charge in [-0.25, -0.2) is 4.79 Å². The molecule has 1 N–H and O–H groups in total. The van der Waals surface area contributed by atoms with Crippen molar-refractivity contribution in [1.29, 1.82) is 0 Å². The van der Waals surface area contributed by atoms with Gasteiger partial charge in [0, 0.05) is 30.3 Å². The van der Waals surface area contributed by atoms with Crippen LogP contribution in [0.25, 0.3) is 0 Å². The molecule has 0 spiro atoms. The molecule has 0 radical (unpaired) electrons. The SMILES string of the molecule is CCOC(=O)c1cc2n(n1)CC(C)(C(=O)NC1CCC(C)CC1)N(c1cc(OC)cc(OC)c1)C2=O. The summed E-state index contributed by atoms with van der Waals surface area (Å²) in [5, 5.41) is 7.49. The Morgan fingerprint density at radius 1 is 1.08 bits per heavy atom. The summed E-state index contributed by atoms with van der Waals surface area (Å²) in [6.45, 7) is 5.88. The Morgan fingerprint density at radius 2 is 1.72 bits per heavy atom. The number of methoxy groups -OCH3 is 2. The monoisotopic (exact) mass is 498 g/mol. The van der Waals surface area contributed by atoms with Crippen LogP contribution >= 0.6 is 0 Å². The summed E-state index contributed by atoms with van der Waals surface area (Å²) in [7, 11) is 3.04. The van der Waals surface area contributed by atoms with E-state index in [0.29, 0.717) is 23.1 Å². The minimum Gasteiger partial charge on any atom is -0.497 e. The molecular weight excluding hydrogens is 464 g/mol. The molecule has 2 amide bonds. The second-order valence-corrected chi connectivity index (χ2v) is 9.71. The molecule has 1 saturated carbocycles. The second-order valence-electron chi connectivity index (χ2n) is 9.71. The number of anilines is 1. The summed E-state index contributed by atoms with van der Waals surface area (Å²) in [6, 6.07) is 6.52. The molecule has 10 nitrogen and oxygen atoms in total. The first-order valence-electron chi connectivity index (χ1n) is 12.3. The first-order valence-corrected chi connectivity index (χ1v) is 12.3. The zero-order valence-electron chi connectivity index (χ0n) is 21.5. The number of ether oxygens (including phenoxy) is 3. The molecule has 0 saturated heterocycles. The largest absolute Gasteiger partial charge is 0.497 e. The van der Waals surface area contributed by atoms with E-state index >= 15 is 0 Å². The second kappa shape index (κ2) is 10.2. The number of hydrogen-bond donors (Lipinski definition) is 1. The Balaban J connectivity index is 1.77. The van der Waals surface area contributed by atoms with Crippen molar-refractivity contribution in [2.45, 2.75) is 64.6 Å². The minimum absolute atomic E-state index is 0.0225. The summed E-state index contributed by atoms with van der Waals surface area (Å²) >= 11 is 0. The highest BCUT2D eigenvalue weighted by Crippen LogP contribution is 2.37. The number of nitrogens with zero attached hydrogens (tertiary/aromatic N) is 3. The molecule has 2 heterocycles. The van der Waals surface area contributed by atoms with Crippen LogP contribution in [0.5, 0.6) is 11.5 Å². The number of carbonyl (C=O) groups excluding carboxylic acids is 3. The number of esters is 1. The lowest BCUT2D eigenvalue weighted by molar-refractivity contribution is -0.127. The minimum atomic E-state index is -1.33. The van der Waals surface area contributed by atoms with Gasteiger partial charge in [-0.2, -0.15) is 5.10 Å². The van der Waals surface area contributed by atoms with E-state index in [1.165, 1.54) is 29.9 Å². The van der Waals surface area contributed by atoms with Gasteiger partial charge in [0.1, 0.15) is 22.7 Å². The molecule has 1 aliphatic heterocycles. The first kappa shape index (κ1) is 25.5. The number of hydrogen-bond acceptors (Lipinski definition) is 7. The number of aromatic nitrogens is 2. The Bertz CT molecular complexity index is 1130. The molecule has 4 rings (SSSR count). The van der Waals surface area contributed by atoms with Gasteiger partial charge in [0.2, 0.25) is 5.91 Å². The van der Waals surface area contributed by atoms with E-state index in [1.807, 2.05) is 0 Å². The van der Waals surface area contributed by atoms with Gasteiger partial charge in [-0.3, -0.25) is 19.2 Å². The number of benzene rings is 1. The van der Waals surface area contributed by atoms with Crippen LogP contribution in [0.4, 0.5) is 5.69 Å². The fourth-order valence-corrected chi connectivity index (χ4v) is 4.96. The van der Waals surface area contributed by atoms with Gasteiger partial charge >= 0.3 is 5.97 Å². The lowest BCUT2D eigenvalue weighted by Gasteiger charge is -2.44. The topological polar surface area (TPSA) is 112 Å². The van der Waals surface area contributed by atoms with E-state index < -0.39 is 17.4 Å². The summed E-state index contributed by atoms with van der Waals surface area (Å²) in [4.78, 5) is 41.6. The van der Waals surface area contributed by atoms with Crippen LogP contribution in [-0.2, 0) is 16.1 Å². The number of fused-ring (bicyclic) bond motifs is 1. The molecule has 36 heavy (non-hydrogen) atoms. The van der Waals surface area contributed by atoms with E-state index in [9.17, 15) is 14.4 Å². The highest BCUT2D eigenvalue weighted by molar-refractivity contribution is 6.12. The highest BCUT2D eigenvalue weighted by atomic mass is 16.5. The van der Waals surface area contributed by atoms with E-state index in [-0.39, 0.29) is 36.5 Å². The number of amides is 2. The van der Waals surface area contributed by atoms with Crippen LogP contribution in [0.2, 0.25) is 0 Å². The summed E-state index contributed by atoms with van der Waals surface area (Å²) < 4.78 is 17.3. The normalized spacial score (nSPS) is 23.6. The van der Waals surface area contributed by atoms with Gasteiger partial charge in [0.25, 0.3) is 5.91 Å². The van der Waals surface area contributed by atoms with E-state index in [4.69, 9.17) is 14.2 Å². The maximum atomic E-state index is 13.9. The number of carbonyl (C=O) groups is 3. The van der Waals surface area contributed by atoms with E-state index in [2.05, 4.69) is 17.3 Å². The molecule has 2 aliphatic rings. The maximum absolute atomic E-state index is 13.9. The van der Waals surface area contributed by atoms with Crippen molar-refractivity contribution < 1.29 is 28.6 Å². The molecule has 2 aromatic rings. The van der Waals surface area contributed by atoms with Crippen LogP contribution in [0.3, 0.4) is 0 Å². The van der Waals surface area contributed by atoms with Crippen molar-refractivity contribution in [2.75, 3.05) is 25.7 Å². The standard InChI is InChI=1S/C26H34N4O6/c1-6-36-24(32)21-14-22-23(31)30(18-11-19(34-4)13-20(12-18)35-5)26(3,15-29(22)28-21)25(33)27-17-9-7-16(2)8-10-17/h11-14,16-17H,6-10,15H2,1-5H3,(H,27,33). The van der Waals surface area contributed by atoms with Crippen molar-refractivity contribution in [1.82, 2.24) is 15.1 Å². The third-order valence-electron chi connectivity index (χ3n) is 7.07. The predicted octanol–water partition coefficient (Wildman–Crippen LogP) is 3.19. The summed E-state index contributed by atoms with van der Waals surface area (Å²) in [5.41, 5.74) is -0.676. The predicted molar refractivity (Wildman–Crippen MR) is 133 cm³/mol. The van der Waals surface area contributed by atoms with Crippen LogP contribution in [0, 0.1) is 5.92 Å². The van der Waals surface area contributed by atoms with Crippen LogP contribution < -0.4 is 19.7 Å². The highest BCUT2D eigenvalue weighted by Gasteiger charge is 2.50. The fourth-order valence-electron chi connectivity index (χ4n) is 4.96. The van der Waals surface area contributed by atoms with Crippen molar-refractivity contribution in [3.63, 3.8) is 0 Å². The zero-order valence-corrected chi connectivity index (χ0v) is 21.5. The lowest BCUT2D eigenvalue weighted by atomic mass is 9.86. The molecule has 1 atom stereocenters. The molecule has 10 heteroatoms. The Hall–Kier alpha value is -3.56. The molecule has 0 bridgehead atoms. The third-order valence-corrected chi connectivity index (χ3v) is 7.07. The zero-order chi connectivity index (χ0) is 26.0. The Labute approximate surface area is 210 Å². The van der Waals surface area contributed by atoms with Gasteiger partial charge in [-0.1, -0.05) is 6.92 Å². The van der Waals surface area contributed by atoms with E-state index in [0.717, 1.165) is 25.7 Å². The molecular formula is C26H34N4O6. The smallest absolute Gasteiger partial charge is 0.358 e. The van der Waals surface area contributed by atoms with E-state index in [1.54, 1.807) is 32.0 Å². The van der Waals surface area contributed by atoms with Crippen molar-refractivity contribution in [3.8, 4) is 11.5 Å². The average Bonchev–Trinajstić information content (AvgIpc) is 3.29. The molecule has 194 valence electrons. The average molecular weight is 499 g/mol. The number of rotatable bonds is 7. The third kappa shape index (κ3) is 4.76. The summed E-state index contributed by atoms with van der Waals surface area (Å²) in [5.74, 6) is 0.230. The van der Waals surface area contributed by atoms with Gasteiger partial charge < -0.3 is 19.5 Å². The Kier molecular flexibility index (Phi) is 7.23. The van der Waals surface area contributed by atoms with Crippen molar-refractivity contribution in [2.24, 2.45) is 5.92 Å². The quantitative estimate of drug-likeness (QED) is 0.584. The summed E-state index contributed by atoms with van der Waals surface area (Å²) in [6.07, 6.45) is 3.88.